The van der Waals surface area contributed by atoms with Gasteiger partial charge in [-0.05, 0) is 52.1 Å². The van der Waals surface area contributed by atoms with E-state index in [1.165, 1.54) is 6.42 Å². The van der Waals surface area contributed by atoms with Crippen LogP contribution in [0.3, 0.4) is 0 Å². The summed E-state index contributed by atoms with van der Waals surface area (Å²) in [5.74, 6) is 0. The summed E-state index contributed by atoms with van der Waals surface area (Å²) in [4.78, 5) is 2.20. The van der Waals surface area contributed by atoms with Crippen molar-refractivity contribution in [3.05, 3.63) is 0 Å². The summed E-state index contributed by atoms with van der Waals surface area (Å²) < 4.78 is 4.95. The molecule has 0 amide bonds. The van der Waals surface area contributed by atoms with E-state index in [4.69, 9.17) is 17.0 Å². The van der Waals surface area contributed by atoms with E-state index in [9.17, 15) is 0 Å². The van der Waals surface area contributed by atoms with Crippen LogP contribution in [0, 0.1) is 0 Å². The van der Waals surface area contributed by atoms with E-state index in [2.05, 4.69) is 29.6 Å². The van der Waals surface area contributed by atoms with Crippen LogP contribution < -0.4 is 10.6 Å². The summed E-state index contributed by atoms with van der Waals surface area (Å²) in [6, 6.07) is 0. The lowest BCUT2D eigenvalue weighted by Crippen LogP contribution is -2.36. The van der Waals surface area contributed by atoms with Gasteiger partial charge in [-0.3, -0.25) is 0 Å². The van der Waals surface area contributed by atoms with Crippen LogP contribution in [0.1, 0.15) is 19.3 Å². The fourth-order valence-corrected chi connectivity index (χ4v) is 1.44. The first-order valence-electron chi connectivity index (χ1n) is 5.82. The number of nitrogens with one attached hydrogen (secondary N) is 2. The lowest BCUT2D eigenvalue weighted by atomic mass is 10.3. The van der Waals surface area contributed by atoms with Crippen molar-refractivity contribution in [1.82, 2.24) is 15.5 Å². The van der Waals surface area contributed by atoms with E-state index in [1.54, 1.807) is 7.11 Å². The molecule has 4 nitrogen and oxygen atoms in total. The average Bonchev–Trinajstić information content (AvgIpc) is 2.23. The summed E-state index contributed by atoms with van der Waals surface area (Å²) in [6.07, 6.45) is 3.34. The molecule has 0 aliphatic carbocycles. The predicted octanol–water partition coefficient (Wildman–Crippen LogP) is 0.829. The summed E-state index contributed by atoms with van der Waals surface area (Å²) in [5.41, 5.74) is 0. The topological polar surface area (TPSA) is 36.5 Å². The van der Waals surface area contributed by atoms with Crippen molar-refractivity contribution in [3.8, 4) is 0 Å². The number of methoxy groups -OCH3 is 1. The molecule has 0 radical (unpaired) electrons. The molecule has 0 bridgehead atoms. The largest absolute Gasteiger partial charge is 0.385 e. The Bertz CT molecular complexity index is 177. The second-order valence-corrected chi connectivity index (χ2v) is 4.45. The summed E-state index contributed by atoms with van der Waals surface area (Å²) in [5, 5.41) is 7.09. The molecule has 0 unspecified atom stereocenters. The van der Waals surface area contributed by atoms with Gasteiger partial charge in [-0.25, -0.2) is 0 Å². The molecule has 0 aromatic rings. The zero-order valence-electron chi connectivity index (χ0n) is 10.7. The number of unbranched alkanes of at least 4 members (excludes halogenated alkanes) is 1. The third kappa shape index (κ3) is 11.7. The summed E-state index contributed by atoms with van der Waals surface area (Å²) in [7, 11) is 5.89. The molecule has 0 atom stereocenters. The first kappa shape index (κ1) is 15.6. The number of rotatable bonds is 9. The van der Waals surface area contributed by atoms with Gasteiger partial charge < -0.3 is 20.3 Å². The predicted molar refractivity (Wildman–Crippen MR) is 72.9 cm³/mol. The molecule has 96 valence electrons. The Balaban J connectivity index is 3.17. The zero-order valence-corrected chi connectivity index (χ0v) is 11.5. The Morgan fingerprint density at radius 1 is 1.12 bits per heavy atom. The number of hydrogen-bond acceptors (Lipinski definition) is 3. The van der Waals surface area contributed by atoms with E-state index < -0.39 is 0 Å². The highest BCUT2D eigenvalue weighted by Gasteiger charge is 1.95. The minimum absolute atomic E-state index is 0.751. The highest BCUT2D eigenvalue weighted by atomic mass is 32.1. The van der Waals surface area contributed by atoms with Crippen molar-refractivity contribution in [3.63, 3.8) is 0 Å². The van der Waals surface area contributed by atoms with Gasteiger partial charge in [0.15, 0.2) is 5.11 Å². The van der Waals surface area contributed by atoms with Gasteiger partial charge in [-0.15, -0.1) is 0 Å². The lowest BCUT2D eigenvalue weighted by Gasteiger charge is -2.11. The van der Waals surface area contributed by atoms with Crippen LogP contribution in [0.15, 0.2) is 0 Å². The van der Waals surface area contributed by atoms with Gasteiger partial charge in [0, 0.05) is 26.8 Å². The van der Waals surface area contributed by atoms with Crippen LogP contribution in [0.5, 0.6) is 0 Å². The van der Waals surface area contributed by atoms with E-state index >= 15 is 0 Å². The minimum atomic E-state index is 0.751. The fourth-order valence-electron chi connectivity index (χ4n) is 1.24. The number of nitrogens with zero attached hydrogens (tertiary/aromatic N) is 1. The lowest BCUT2D eigenvalue weighted by molar-refractivity contribution is 0.195. The first-order chi connectivity index (χ1) is 7.66. The van der Waals surface area contributed by atoms with Crippen molar-refractivity contribution in [2.24, 2.45) is 0 Å². The van der Waals surface area contributed by atoms with Crippen molar-refractivity contribution >= 4 is 17.3 Å². The van der Waals surface area contributed by atoms with E-state index in [-0.39, 0.29) is 0 Å². The highest BCUT2D eigenvalue weighted by Crippen LogP contribution is 1.88. The SMILES string of the molecule is COCCCNC(=S)NCCCCN(C)C. The second-order valence-electron chi connectivity index (χ2n) is 4.04. The monoisotopic (exact) mass is 247 g/mol. The molecule has 0 rings (SSSR count). The third-order valence-electron chi connectivity index (χ3n) is 2.13. The van der Waals surface area contributed by atoms with E-state index in [0.29, 0.717) is 0 Å². The first-order valence-corrected chi connectivity index (χ1v) is 6.23. The van der Waals surface area contributed by atoms with Crippen molar-refractivity contribution in [1.29, 1.82) is 0 Å². The summed E-state index contributed by atoms with van der Waals surface area (Å²) in [6.45, 7) is 3.73. The van der Waals surface area contributed by atoms with Gasteiger partial charge in [0.05, 0.1) is 0 Å². The van der Waals surface area contributed by atoms with Gasteiger partial charge in [-0.1, -0.05) is 0 Å². The molecule has 0 fully saturated rings. The van der Waals surface area contributed by atoms with Crippen LogP contribution in [-0.2, 0) is 4.74 Å². The van der Waals surface area contributed by atoms with Crippen molar-refractivity contribution in [2.45, 2.75) is 19.3 Å². The smallest absolute Gasteiger partial charge is 0.166 e. The van der Waals surface area contributed by atoms with E-state index in [0.717, 1.165) is 44.2 Å². The van der Waals surface area contributed by atoms with Crippen LogP contribution in [-0.4, -0.2) is 57.5 Å². The number of hydrogen-bond donors (Lipinski definition) is 2. The Morgan fingerprint density at radius 2 is 1.75 bits per heavy atom. The molecule has 0 saturated carbocycles. The highest BCUT2D eigenvalue weighted by molar-refractivity contribution is 7.80. The molecule has 0 aromatic carbocycles. The molecule has 5 heteroatoms. The van der Waals surface area contributed by atoms with Crippen LogP contribution in [0.4, 0.5) is 0 Å². The molecular weight excluding hydrogens is 222 g/mol. The molecule has 0 aliphatic rings. The molecule has 2 N–H and O–H groups in total. The van der Waals surface area contributed by atoms with Gasteiger partial charge in [0.1, 0.15) is 0 Å². The van der Waals surface area contributed by atoms with Crippen LogP contribution in [0.25, 0.3) is 0 Å². The number of thiocarbonyl (C=S) groups is 1. The standard InChI is InChI=1S/C11H25N3OS/c1-14(2)9-5-4-7-12-11(16)13-8-6-10-15-3/h4-10H2,1-3H3,(H2,12,13,16). The maximum absolute atomic E-state index is 5.13. The maximum atomic E-state index is 5.13. The molecule has 16 heavy (non-hydrogen) atoms. The molecule has 0 aromatic heterocycles. The second kappa shape index (κ2) is 11.1. The Hall–Kier alpha value is -0.390. The van der Waals surface area contributed by atoms with Crippen molar-refractivity contribution < 1.29 is 4.74 Å². The van der Waals surface area contributed by atoms with Gasteiger partial charge in [0.2, 0.25) is 0 Å². The van der Waals surface area contributed by atoms with Gasteiger partial charge in [0.25, 0.3) is 0 Å². The Kier molecular flexibility index (Phi) is 10.8. The molecular formula is C11H25N3OS. The number of ether oxygens (including phenoxy) is 1. The maximum Gasteiger partial charge on any atom is 0.166 e. The molecule has 0 heterocycles. The third-order valence-corrected chi connectivity index (χ3v) is 2.42. The van der Waals surface area contributed by atoms with Gasteiger partial charge >= 0.3 is 0 Å². The zero-order chi connectivity index (χ0) is 12.2. The molecule has 0 spiro atoms. The fraction of sp³-hybridized carbons (Fsp3) is 0.909. The Morgan fingerprint density at radius 3 is 2.31 bits per heavy atom. The van der Waals surface area contributed by atoms with Gasteiger partial charge in [-0.2, -0.15) is 0 Å². The average molecular weight is 247 g/mol. The summed E-state index contributed by atoms with van der Waals surface area (Å²) >= 11 is 5.13. The van der Waals surface area contributed by atoms with Crippen molar-refractivity contribution in [2.75, 3.05) is 47.4 Å². The minimum Gasteiger partial charge on any atom is -0.385 e. The Labute approximate surface area is 105 Å². The quantitative estimate of drug-likeness (QED) is 0.466. The molecule has 0 aliphatic heterocycles. The van der Waals surface area contributed by atoms with Crippen LogP contribution >= 0.6 is 12.2 Å². The van der Waals surface area contributed by atoms with Crippen LogP contribution in [0.2, 0.25) is 0 Å². The normalized spacial score (nSPS) is 10.5. The molecule has 0 saturated heterocycles. The van der Waals surface area contributed by atoms with E-state index in [1.807, 2.05) is 0 Å².